The molecule has 3 fully saturated rings. The molecule has 0 spiro atoms. The summed E-state index contributed by atoms with van der Waals surface area (Å²) in [4.78, 5) is 12.1. The Morgan fingerprint density at radius 2 is 1.89 bits per heavy atom. The van der Waals surface area contributed by atoms with Crippen molar-refractivity contribution in [1.29, 1.82) is 0 Å². The quantitative estimate of drug-likeness (QED) is 0.0841. The molecule has 0 amide bonds. The zero-order valence-electron chi connectivity index (χ0n) is 24.5. The highest BCUT2D eigenvalue weighted by atomic mass is 16.7. The molecular formula is C32H49O6. The normalized spacial score (nSPS) is 39.5. The number of allylic oxidation sites excluding steroid dienone is 1. The maximum Gasteiger partial charge on any atom is 0.384 e. The molecule has 0 aromatic rings. The highest BCUT2D eigenvalue weighted by molar-refractivity contribution is 5.88. The smallest absolute Gasteiger partial charge is 0.384 e. The fraction of sp³-hybridized carbons (Fsp3) is 0.844. The molecule has 4 aliphatic carbocycles. The summed E-state index contributed by atoms with van der Waals surface area (Å²) < 4.78 is 23.4. The Balaban J connectivity index is 1.58. The van der Waals surface area contributed by atoms with Crippen molar-refractivity contribution in [3.8, 4) is 11.8 Å². The molecular weight excluding hydrogens is 480 g/mol. The molecule has 4 rings (SSSR count). The molecule has 3 saturated carbocycles. The van der Waals surface area contributed by atoms with E-state index in [4.69, 9.17) is 18.9 Å². The monoisotopic (exact) mass is 529 g/mol. The van der Waals surface area contributed by atoms with Gasteiger partial charge in [-0.15, -0.1) is 0 Å². The van der Waals surface area contributed by atoms with Crippen LogP contribution in [0.25, 0.3) is 0 Å². The van der Waals surface area contributed by atoms with Gasteiger partial charge in [0, 0.05) is 17.9 Å². The van der Waals surface area contributed by atoms with Gasteiger partial charge in [0.1, 0.15) is 5.60 Å². The summed E-state index contributed by atoms with van der Waals surface area (Å²) in [6.45, 7) is 11.5. The molecule has 0 heterocycles. The summed E-state index contributed by atoms with van der Waals surface area (Å²) in [6, 6.07) is 0. The van der Waals surface area contributed by atoms with Gasteiger partial charge in [0.25, 0.3) is 0 Å². The largest absolute Gasteiger partial charge is 0.459 e. The number of unbranched alkanes of at least 4 members (excludes halogenated alkanes) is 1. The van der Waals surface area contributed by atoms with Crippen LogP contribution in [0, 0.1) is 40.4 Å². The Morgan fingerprint density at radius 3 is 2.61 bits per heavy atom. The van der Waals surface area contributed by atoms with Gasteiger partial charge in [0.2, 0.25) is 0 Å². The third-order valence-corrected chi connectivity index (χ3v) is 10.6. The SMILES string of the molecule is CCCCOC(C)O[C@@]1(C#CC(=O)OC)CCC2C3CC=C4CC(OC([O])CC)CC[C@]4(C)C3CC[C@@]21C. The van der Waals surface area contributed by atoms with Gasteiger partial charge >= 0.3 is 5.97 Å². The van der Waals surface area contributed by atoms with Crippen molar-refractivity contribution in [2.45, 2.75) is 130 Å². The first-order chi connectivity index (χ1) is 18.1. The van der Waals surface area contributed by atoms with E-state index in [2.05, 4.69) is 38.7 Å². The molecule has 1 radical (unpaired) electrons. The van der Waals surface area contributed by atoms with Crippen LogP contribution in [0.3, 0.4) is 0 Å². The first-order valence-electron chi connectivity index (χ1n) is 15.0. The van der Waals surface area contributed by atoms with E-state index < -0.39 is 17.9 Å². The number of ether oxygens (including phenoxy) is 4. The standard InChI is InChI=1S/C32H49O6/c1-7-9-20-36-22(3)38-32(19-15-29(34)35-6)18-14-27-25-11-10-23-21-24(37-28(33)8-2)12-16-30(23,4)26(25)13-17-31(27,32)5/h10,22,24-28H,7-9,11-14,16-18,20-21H2,1-6H3/t22?,24?,25?,26?,27?,28?,30-,31-,32+/m0/s1. The van der Waals surface area contributed by atoms with Crippen molar-refractivity contribution in [1.82, 2.24) is 0 Å². The van der Waals surface area contributed by atoms with Gasteiger partial charge in [-0.3, -0.25) is 0 Å². The molecule has 4 aliphatic rings. The number of hydrogen-bond donors (Lipinski definition) is 0. The highest BCUT2D eigenvalue weighted by Crippen LogP contribution is 2.68. The van der Waals surface area contributed by atoms with E-state index in [1.807, 2.05) is 13.8 Å². The molecule has 0 N–H and O–H groups in total. The number of rotatable bonds is 9. The Morgan fingerprint density at radius 1 is 1.13 bits per heavy atom. The van der Waals surface area contributed by atoms with Crippen LogP contribution >= 0.6 is 0 Å². The summed E-state index contributed by atoms with van der Waals surface area (Å²) in [5, 5.41) is 12.0. The Hall–Kier alpha value is -1.39. The first-order valence-corrected chi connectivity index (χ1v) is 15.0. The lowest BCUT2D eigenvalue weighted by Gasteiger charge is -2.59. The van der Waals surface area contributed by atoms with E-state index in [0.717, 1.165) is 64.2 Å². The number of carbonyl (C=O) groups is 1. The van der Waals surface area contributed by atoms with Crippen LogP contribution in [0.15, 0.2) is 11.6 Å². The lowest BCUT2D eigenvalue weighted by Crippen LogP contribution is -2.56. The Labute approximate surface area is 230 Å². The van der Waals surface area contributed by atoms with Crippen molar-refractivity contribution in [2.75, 3.05) is 13.7 Å². The van der Waals surface area contributed by atoms with Crippen molar-refractivity contribution < 1.29 is 28.8 Å². The molecule has 6 heteroatoms. The van der Waals surface area contributed by atoms with Crippen LogP contribution in [0.1, 0.15) is 105 Å². The van der Waals surface area contributed by atoms with Crippen LogP contribution < -0.4 is 0 Å². The van der Waals surface area contributed by atoms with Gasteiger partial charge in [-0.25, -0.2) is 9.90 Å². The van der Waals surface area contributed by atoms with Gasteiger partial charge in [-0.05, 0) is 94.3 Å². The van der Waals surface area contributed by atoms with Gasteiger partial charge < -0.3 is 18.9 Å². The molecule has 38 heavy (non-hydrogen) atoms. The van der Waals surface area contributed by atoms with Crippen LogP contribution in [0.2, 0.25) is 0 Å². The topological polar surface area (TPSA) is 73.9 Å². The van der Waals surface area contributed by atoms with Crippen LogP contribution in [0.4, 0.5) is 0 Å². The highest BCUT2D eigenvalue weighted by Gasteiger charge is 2.65. The van der Waals surface area contributed by atoms with E-state index in [9.17, 15) is 9.90 Å². The molecule has 9 atom stereocenters. The third kappa shape index (κ3) is 5.46. The fourth-order valence-corrected chi connectivity index (χ4v) is 8.40. The van der Waals surface area contributed by atoms with Crippen molar-refractivity contribution in [3.63, 3.8) is 0 Å². The molecule has 0 aromatic carbocycles. The Bertz CT molecular complexity index is 934. The molecule has 6 unspecified atom stereocenters. The minimum absolute atomic E-state index is 0.0532. The molecule has 0 aliphatic heterocycles. The number of esters is 1. The molecule has 0 saturated heterocycles. The van der Waals surface area contributed by atoms with Gasteiger partial charge in [0.15, 0.2) is 12.6 Å². The van der Waals surface area contributed by atoms with Crippen LogP contribution in [-0.4, -0.2) is 44.0 Å². The average Bonchev–Trinajstić information content (AvgIpc) is 3.19. The first kappa shape index (κ1) is 29.6. The maximum absolute atomic E-state index is 12.1. The number of methoxy groups -OCH3 is 1. The predicted molar refractivity (Wildman–Crippen MR) is 145 cm³/mol. The second kappa shape index (κ2) is 12.0. The second-order valence-corrected chi connectivity index (χ2v) is 12.6. The zero-order chi connectivity index (χ0) is 27.6. The lowest BCUT2D eigenvalue weighted by molar-refractivity contribution is -0.223. The number of hydrogen-bond acceptors (Lipinski definition) is 5. The summed E-state index contributed by atoms with van der Waals surface area (Å²) in [7, 11) is 1.37. The van der Waals surface area contributed by atoms with E-state index in [0.29, 0.717) is 30.8 Å². The van der Waals surface area contributed by atoms with Crippen molar-refractivity contribution >= 4 is 5.97 Å². The van der Waals surface area contributed by atoms with E-state index in [1.165, 1.54) is 12.7 Å². The minimum Gasteiger partial charge on any atom is -0.459 e. The summed E-state index contributed by atoms with van der Waals surface area (Å²) in [6.07, 6.45) is 11.8. The number of fused-ring (bicyclic) bond motifs is 5. The Kier molecular flexibility index (Phi) is 9.35. The van der Waals surface area contributed by atoms with Gasteiger partial charge in [-0.1, -0.05) is 51.7 Å². The number of carbonyl (C=O) groups excluding carboxylic acids is 1. The lowest BCUT2D eigenvalue weighted by atomic mass is 9.47. The predicted octanol–water partition coefficient (Wildman–Crippen LogP) is 6.60. The van der Waals surface area contributed by atoms with Crippen molar-refractivity contribution in [2.24, 2.45) is 28.6 Å². The third-order valence-electron chi connectivity index (χ3n) is 10.6. The van der Waals surface area contributed by atoms with Crippen molar-refractivity contribution in [3.05, 3.63) is 11.6 Å². The van der Waals surface area contributed by atoms with Crippen LogP contribution in [-0.2, 0) is 28.8 Å². The maximum atomic E-state index is 12.1. The van der Waals surface area contributed by atoms with Crippen LogP contribution in [0.5, 0.6) is 0 Å². The molecule has 6 nitrogen and oxygen atoms in total. The van der Waals surface area contributed by atoms with Gasteiger partial charge in [0.05, 0.1) is 13.2 Å². The molecule has 0 aromatic heterocycles. The van der Waals surface area contributed by atoms with Gasteiger partial charge in [-0.2, -0.15) is 0 Å². The average molecular weight is 530 g/mol. The summed E-state index contributed by atoms with van der Waals surface area (Å²) in [5.41, 5.74) is 0.763. The molecule has 213 valence electrons. The minimum atomic E-state index is -0.914. The zero-order valence-corrected chi connectivity index (χ0v) is 24.5. The summed E-state index contributed by atoms with van der Waals surface area (Å²) >= 11 is 0. The summed E-state index contributed by atoms with van der Waals surface area (Å²) in [5.74, 6) is 7.18. The molecule has 0 bridgehead atoms. The van der Waals surface area contributed by atoms with E-state index >= 15 is 0 Å². The van der Waals surface area contributed by atoms with E-state index in [-0.39, 0.29) is 23.2 Å². The second-order valence-electron chi connectivity index (χ2n) is 12.6. The van der Waals surface area contributed by atoms with E-state index in [1.54, 1.807) is 0 Å². The fourth-order valence-electron chi connectivity index (χ4n) is 8.40.